The van der Waals surface area contributed by atoms with Gasteiger partial charge in [0.15, 0.2) is 0 Å². The van der Waals surface area contributed by atoms with Crippen LogP contribution in [0.15, 0.2) is 4.99 Å². The zero-order chi connectivity index (χ0) is 14.8. The van der Waals surface area contributed by atoms with E-state index in [1.807, 2.05) is 0 Å². The number of aliphatic imine (C=N–C) groups is 1. The van der Waals surface area contributed by atoms with Crippen molar-refractivity contribution in [2.24, 2.45) is 4.99 Å². The number of hydrogen-bond acceptors (Lipinski definition) is 8. The van der Waals surface area contributed by atoms with Gasteiger partial charge in [-0.25, -0.2) is 4.99 Å². The molecule has 0 bridgehead atoms. The van der Waals surface area contributed by atoms with Crippen molar-refractivity contribution in [3.63, 3.8) is 0 Å². The number of esters is 2. The Morgan fingerprint density at radius 2 is 1.47 bits per heavy atom. The van der Waals surface area contributed by atoms with E-state index in [9.17, 15) is 19.2 Å². The first-order valence-corrected chi connectivity index (χ1v) is 5.40. The summed E-state index contributed by atoms with van der Waals surface area (Å²) in [7, 11) is 0. The van der Waals surface area contributed by atoms with Crippen LogP contribution >= 0.6 is 0 Å². The van der Waals surface area contributed by atoms with Crippen LogP contribution in [0.5, 0.6) is 0 Å². The standard InChI is InChI=1S/C11H14N2O6/c1-6(14)10(18-8(3)16)11(7(2)15,13-5-12-10)19-9(4)17/h5H,1-4H3,(H,12,13). The molecule has 8 nitrogen and oxygen atoms in total. The third kappa shape index (κ3) is 2.20. The Morgan fingerprint density at radius 1 is 0.947 bits per heavy atom. The summed E-state index contributed by atoms with van der Waals surface area (Å²) in [5.74, 6) is -3.14. The van der Waals surface area contributed by atoms with Crippen LogP contribution in [0.3, 0.4) is 0 Å². The zero-order valence-electron chi connectivity index (χ0n) is 11.0. The van der Waals surface area contributed by atoms with E-state index in [1.54, 1.807) is 0 Å². The van der Waals surface area contributed by atoms with Gasteiger partial charge in [-0.1, -0.05) is 0 Å². The van der Waals surface area contributed by atoms with Crippen molar-refractivity contribution < 1.29 is 28.7 Å². The van der Waals surface area contributed by atoms with E-state index in [0.717, 1.165) is 34.0 Å². The van der Waals surface area contributed by atoms with Crippen molar-refractivity contribution in [3.8, 4) is 0 Å². The topological polar surface area (TPSA) is 111 Å². The molecule has 1 heterocycles. The third-order valence-electron chi connectivity index (χ3n) is 2.55. The lowest BCUT2D eigenvalue weighted by Gasteiger charge is -2.37. The Balaban J connectivity index is 3.43. The summed E-state index contributed by atoms with van der Waals surface area (Å²) >= 11 is 0. The van der Waals surface area contributed by atoms with Gasteiger partial charge in [0.1, 0.15) is 0 Å². The molecule has 1 rings (SSSR count). The number of ketones is 2. The Bertz CT molecular complexity index is 486. The Hall–Kier alpha value is -2.25. The van der Waals surface area contributed by atoms with Crippen molar-refractivity contribution in [1.29, 1.82) is 0 Å². The molecule has 8 heteroatoms. The second kappa shape index (κ2) is 4.79. The number of hydrogen-bond donors (Lipinski definition) is 1. The van der Waals surface area contributed by atoms with E-state index in [2.05, 4.69) is 10.3 Å². The highest BCUT2D eigenvalue weighted by Gasteiger charge is 2.67. The summed E-state index contributed by atoms with van der Waals surface area (Å²) in [5, 5.41) is 2.40. The highest BCUT2D eigenvalue weighted by molar-refractivity contribution is 6.03. The van der Waals surface area contributed by atoms with Gasteiger partial charge in [0, 0.05) is 27.7 Å². The molecule has 1 aliphatic rings. The molecule has 0 radical (unpaired) electrons. The van der Waals surface area contributed by atoms with E-state index in [0.29, 0.717) is 0 Å². The van der Waals surface area contributed by atoms with Gasteiger partial charge in [-0.2, -0.15) is 0 Å². The van der Waals surface area contributed by atoms with Gasteiger partial charge in [0.2, 0.25) is 11.6 Å². The van der Waals surface area contributed by atoms with Gasteiger partial charge in [0.05, 0.1) is 6.34 Å². The minimum absolute atomic E-state index is 0.725. The highest BCUT2D eigenvalue weighted by atomic mass is 16.6. The summed E-state index contributed by atoms with van der Waals surface area (Å²) < 4.78 is 9.81. The van der Waals surface area contributed by atoms with E-state index in [4.69, 9.17) is 9.47 Å². The fourth-order valence-corrected chi connectivity index (χ4v) is 1.85. The fourth-order valence-electron chi connectivity index (χ4n) is 1.85. The van der Waals surface area contributed by atoms with Crippen LogP contribution < -0.4 is 5.32 Å². The molecule has 0 aromatic carbocycles. The average molecular weight is 270 g/mol. The molecule has 104 valence electrons. The van der Waals surface area contributed by atoms with Gasteiger partial charge in [-0.3, -0.25) is 19.2 Å². The number of carbonyl (C=O) groups excluding carboxylic acids is 4. The maximum absolute atomic E-state index is 11.8. The van der Waals surface area contributed by atoms with E-state index in [1.165, 1.54) is 0 Å². The predicted molar refractivity (Wildman–Crippen MR) is 62.0 cm³/mol. The Kier molecular flexibility index (Phi) is 3.73. The lowest BCUT2D eigenvalue weighted by atomic mass is 9.93. The number of carbonyl (C=O) groups is 4. The number of Topliss-reactive ketones (excluding diaryl/α,β-unsaturated/α-hetero) is 2. The first-order chi connectivity index (χ1) is 8.68. The second-order valence-electron chi connectivity index (χ2n) is 4.03. The summed E-state index contributed by atoms with van der Waals surface area (Å²) in [6.07, 6.45) is 0.995. The number of rotatable bonds is 4. The molecule has 0 aliphatic carbocycles. The normalized spacial score (nSPS) is 28.4. The van der Waals surface area contributed by atoms with Crippen LogP contribution in [0.1, 0.15) is 27.7 Å². The van der Waals surface area contributed by atoms with E-state index < -0.39 is 35.0 Å². The van der Waals surface area contributed by atoms with Gasteiger partial charge < -0.3 is 14.8 Å². The minimum atomic E-state index is -2.24. The minimum Gasteiger partial charge on any atom is -0.424 e. The van der Waals surface area contributed by atoms with Crippen molar-refractivity contribution in [1.82, 2.24) is 5.32 Å². The summed E-state index contributed by atoms with van der Waals surface area (Å²) in [6.45, 7) is 4.28. The molecule has 0 amide bonds. The molecule has 0 fully saturated rings. The fraction of sp³-hybridized carbons (Fsp3) is 0.545. The number of nitrogens with one attached hydrogen (secondary N) is 1. The average Bonchev–Trinajstić information content (AvgIpc) is 2.57. The zero-order valence-corrected chi connectivity index (χ0v) is 11.0. The van der Waals surface area contributed by atoms with Gasteiger partial charge in [-0.15, -0.1) is 0 Å². The van der Waals surface area contributed by atoms with Crippen molar-refractivity contribution in [2.75, 3.05) is 0 Å². The summed E-state index contributed by atoms with van der Waals surface area (Å²) in [5.41, 5.74) is -4.41. The van der Waals surface area contributed by atoms with Gasteiger partial charge in [0.25, 0.3) is 0 Å². The maximum Gasteiger partial charge on any atom is 0.329 e. The van der Waals surface area contributed by atoms with Crippen LogP contribution in [0.25, 0.3) is 0 Å². The number of ether oxygens (including phenoxy) is 2. The molecule has 0 spiro atoms. The van der Waals surface area contributed by atoms with E-state index in [-0.39, 0.29) is 0 Å². The molecular formula is C11H14N2O6. The molecule has 2 unspecified atom stereocenters. The summed E-state index contributed by atoms with van der Waals surface area (Å²) in [4.78, 5) is 49.7. The van der Waals surface area contributed by atoms with Crippen molar-refractivity contribution >= 4 is 29.8 Å². The second-order valence-corrected chi connectivity index (χ2v) is 4.03. The quantitative estimate of drug-likeness (QED) is 0.673. The van der Waals surface area contributed by atoms with Crippen molar-refractivity contribution in [3.05, 3.63) is 0 Å². The molecule has 0 saturated carbocycles. The lowest BCUT2D eigenvalue weighted by Crippen LogP contribution is -2.68. The highest BCUT2D eigenvalue weighted by Crippen LogP contribution is 2.35. The predicted octanol–water partition coefficient (Wildman–Crippen LogP) is -0.685. The smallest absolute Gasteiger partial charge is 0.329 e. The molecule has 1 N–H and O–H groups in total. The monoisotopic (exact) mass is 270 g/mol. The van der Waals surface area contributed by atoms with Crippen LogP contribution in [0.4, 0.5) is 0 Å². The largest absolute Gasteiger partial charge is 0.424 e. The van der Waals surface area contributed by atoms with Crippen molar-refractivity contribution in [2.45, 2.75) is 39.1 Å². The van der Waals surface area contributed by atoms with Crippen LogP contribution in [-0.2, 0) is 28.7 Å². The van der Waals surface area contributed by atoms with E-state index >= 15 is 0 Å². The van der Waals surface area contributed by atoms with Crippen LogP contribution in [-0.4, -0.2) is 41.3 Å². The number of nitrogens with zero attached hydrogens (tertiary/aromatic N) is 1. The molecule has 19 heavy (non-hydrogen) atoms. The molecule has 2 atom stereocenters. The Morgan fingerprint density at radius 3 is 1.84 bits per heavy atom. The van der Waals surface area contributed by atoms with Gasteiger partial charge >= 0.3 is 23.4 Å². The molecule has 1 aliphatic heterocycles. The van der Waals surface area contributed by atoms with Crippen LogP contribution in [0, 0.1) is 0 Å². The lowest BCUT2D eigenvalue weighted by molar-refractivity contribution is -0.208. The maximum atomic E-state index is 11.8. The first kappa shape index (κ1) is 14.8. The molecule has 0 aromatic heterocycles. The third-order valence-corrected chi connectivity index (χ3v) is 2.55. The van der Waals surface area contributed by atoms with Crippen LogP contribution in [0.2, 0.25) is 0 Å². The molecule has 0 aromatic rings. The Labute approximate surface area is 109 Å². The molecule has 0 saturated heterocycles. The SMILES string of the molecule is CC(=O)OC1(C(C)=O)N=CNC1(OC(C)=O)C(C)=O. The summed E-state index contributed by atoms with van der Waals surface area (Å²) in [6, 6.07) is 0. The van der Waals surface area contributed by atoms with Gasteiger partial charge in [-0.05, 0) is 0 Å². The first-order valence-electron chi connectivity index (χ1n) is 5.40. The molecular weight excluding hydrogens is 256 g/mol.